The Morgan fingerprint density at radius 2 is 1.65 bits per heavy atom. The van der Waals surface area contributed by atoms with Crippen LogP contribution in [0.15, 0.2) is 60.7 Å². The number of carbonyl (C=O) groups excluding carboxylic acids is 1. The van der Waals surface area contributed by atoms with E-state index in [1.54, 1.807) is 0 Å². The van der Waals surface area contributed by atoms with Crippen LogP contribution in [0.1, 0.15) is 22.3 Å². The largest absolute Gasteiger partial charge is 0.491 e. The van der Waals surface area contributed by atoms with Crippen LogP contribution in [0.25, 0.3) is 0 Å². The van der Waals surface area contributed by atoms with Crippen molar-refractivity contribution in [3.63, 3.8) is 0 Å². The van der Waals surface area contributed by atoms with Crippen molar-refractivity contribution in [1.29, 1.82) is 0 Å². The van der Waals surface area contributed by atoms with Gasteiger partial charge in [0, 0.05) is 42.4 Å². The molecule has 2 unspecified atom stereocenters. The normalized spacial score (nSPS) is 25.8. The Balaban J connectivity index is 1.39. The molecule has 1 amide bonds. The molecular weight excluding hydrogens is 468 g/mol. The number of fused-ring (bicyclic) bond motifs is 5. The Bertz CT molecular complexity index is 1380. The molecule has 0 aromatic heterocycles. The molecule has 7 nitrogen and oxygen atoms in total. The molecule has 2 atom stereocenters. The van der Waals surface area contributed by atoms with E-state index in [-0.39, 0.29) is 23.8 Å². The SMILES string of the molecule is [CH]c1ccccc1C[N+]1(CCN2CCOCC2)C(=O)C2(COc3cc4c(cc32)OCO4)c2ccccc21. The van der Waals surface area contributed by atoms with Crippen molar-refractivity contribution in [3.05, 3.63) is 89.8 Å². The lowest BCUT2D eigenvalue weighted by Gasteiger charge is -2.36. The maximum atomic E-state index is 15.1. The maximum absolute atomic E-state index is 15.1. The highest BCUT2D eigenvalue weighted by molar-refractivity contribution is 6.08. The van der Waals surface area contributed by atoms with E-state index in [0.717, 1.165) is 42.0 Å². The second kappa shape index (κ2) is 8.58. The fourth-order valence-corrected chi connectivity index (χ4v) is 6.40. The molecule has 4 aliphatic rings. The Kier molecular flexibility index (Phi) is 5.29. The standard InChI is InChI=1S/C30H29N2O5/c1-21-6-2-3-7-22(21)18-32(13-10-31-11-14-34-15-12-31)25-9-5-4-8-23(25)30(29(32)33)19-35-26-17-28-27(16-24(26)30)36-20-37-28/h1-9,16-17H,10-15,18-20H2/q+1. The fourth-order valence-electron chi connectivity index (χ4n) is 6.40. The van der Waals surface area contributed by atoms with E-state index in [4.69, 9.17) is 25.9 Å². The lowest BCUT2D eigenvalue weighted by Crippen LogP contribution is -2.59. The minimum absolute atomic E-state index is 0.114. The molecule has 1 saturated heterocycles. The summed E-state index contributed by atoms with van der Waals surface area (Å²) in [5, 5.41) is 0. The number of hydrogen-bond acceptors (Lipinski definition) is 6. The van der Waals surface area contributed by atoms with Crippen LogP contribution < -0.4 is 18.7 Å². The number of amides is 1. The number of morpholine rings is 1. The van der Waals surface area contributed by atoms with Crippen molar-refractivity contribution in [2.45, 2.75) is 12.0 Å². The maximum Gasteiger partial charge on any atom is 0.338 e. The molecule has 37 heavy (non-hydrogen) atoms. The zero-order chi connectivity index (χ0) is 25.0. The van der Waals surface area contributed by atoms with E-state index in [1.165, 1.54) is 0 Å². The van der Waals surface area contributed by atoms with E-state index in [0.29, 0.717) is 49.1 Å². The third-order valence-electron chi connectivity index (χ3n) is 8.35. The van der Waals surface area contributed by atoms with Crippen molar-refractivity contribution >= 4 is 11.6 Å². The van der Waals surface area contributed by atoms with Crippen LogP contribution in [0.5, 0.6) is 17.2 Å². The van der Waals surface area contributed by atoms with Gasteiger partial charge in [0.15, 0.2) is 16.9 Å². The van der Waals surface area contributed by atoms with E-state index in [9.17, 15) is 0 Å². The van der Waals surface area contributed by atoms with Gasteiger partial charge in [-0.2, -0.15) is 0 Å². The van der Waals surface area contributed by atoms with Gasteiger partial charge >= 0.3 is 5.91 Å². The highest BCUT2D eigenvalue weighted by Gasteiger charge is 2.66. The van der Waals surface area contributed by atoms with Gasteiger partial charge in [-0.3, -0.25) is 4.90 Å². The third kappa shape index (κ3) is 3.34. The quantitative estimate of drug-likeness (QED) is 0.503. The Morgan fingerprint density at radius 3 is 2.49 bits per heavy atom. The van der Waals surface area contributed by atoms with Crippen molar-refractivity contribution in [1.82, 2.24) is 9.38 Å². The topological polar surface area (TPSA) is 57.2 Å². The molecular formula is C30H29N2O5+. The summed E-state index contributed by atoms with van der Waals surface area (Å²) in [5.74, 6) is 2.10. The van der Waals surface area contributed by atoms with Crippen molar-refractivity contribution in [2.24, 2.45) is 0 Å². The Labute approximate surface area is 216 Å². The van der Waals surface area contributed by atoms with E-state index in [1.807, 2.05) is 48.5 Å². The number of para-hydroxylation sites is 1. The summed E-state index contributed by atoms with van der Waals surface area (Å²) >= 11 is 0. The first-order valence-electron chi connectivity index (χ1n) is 12.8. The molecule has 3 aromatic rings. The zero-order valence-corrected chi connectivity index (χ0v) is 20.7. The van der Waals surface area contributed by atoms with Crippen LogP contribution in [-0.2, 0) is 21.5 Å². The van der Waals surface area contributed by atoms with Gasteiger partial charge in [-0.1, -0.05) is 42.5 Å². The average molecular weight is 498 g/mol. The number of benzene rings is 3. The lowest BCUT2D eigenvalue weighted by molar-refractivity contribution is -0.134. The molecule has 0 bridgehead atoms. The highest BCUT2D eigenvalue weighted by Crippen LogP contribution is 2.57. The minimum Gasteiger partial charge on any atom is -0.491 e. The molecule has 3 aromatic carbocycles. The first-order valence-corrected chi connectivity index (χ1v) is 12.8. The third-order valence-corrected chi connectivity index (χ3v) is 8.35. The molecule has 1 fully saturated rings. The molecule has 7 rings (SSSR count). The predicted molar refractivity (Wildman–Crippen MR) is 138 cm³/mol. The number of hydrogen-bond donors (Lipinski definition) is 0. The fraction of sp³-hybridized carbons (Fsp3) is 0.333. The number of nitrogens with zero attached hydrogens (tertiary/aromatic N) is 2. The monoisotopic (exact) mass is 497 g/mol. The van der Waals surface area contributed by atoms with Crippen LogP contribution in [0.3, 0.4) is 0 Å². The zero-order valence-electron chi connectivity index (χ0n) is 20.7. The molecule has 2 radical (unpaired) electrons. The molecule has 188 valence electrons. The molecule has 4 heterocycles. The number of quaternary nitrogens is 1. The average Bonchev–Trinajstić information content (AvgIpc) is 3.60. The van der Waals surface area contributed by atoms with Crippen molar-refractivity contribution in [2.75, 3.05) is 52.8 Å². The van der Waals surface area contributed by atoms with Crippen LogP contribution in [0.2, 0.25) is 0 Å². The Morgan fingerprint density at radius 1 is 0.892 bits per heavy atom. The number of ether oxygens (including phenoxy) is 4. The first kappa shape index (κ1) is 22.8. The predicted octanol–water partition coefficient (Wildman–Crippen LogP) is 3.53. The summed E-state index contributed by atoms with van der Waals surface area (Å²) in [6, 6.07) is 19.9. The van der Waals surface area contributed by atoms with Gasteiger partial charge in [0.25, 0.3) is 0 Å². The second-order valence-electron chi connectivity index (χ2n) is 10.2. The van der Waals surface area contributed by atoms with Gasteiger partial charge in [-0.25, -0.2) is 9.28 Å². The molecule has 0 aliphatic carbocycles. The number of carbonyl (C=O) groups is 1. The summed E-state index contributed by atoms with van der Waals surface area (Å²) in [5.41, 5.74) is 3.59. The van der Waals surface area contributed by atoms with Crippen LogP contribution in [-0.4, -0.2) is 63.6 Å². The molecule has 0 N–H and O–H groups in total. The molecule has 0 saturated carbocycles. The van der Waals surface area contributed by atoms with Crippen molar-refractivity contribution < 1.29 is 23.7 Å². The highest BCUT2D eigenvalue weighted by atomic mass is 16.7. The van der Waals surface area contributed by atoms with Crippen LogP contribution >= 0.6 is 0 Å². The summed E-state index contributed by atoms with van der Waals surface area (Å²) in [6.45, 7) is 11.9. The van der Waals surface area contributed by atoms with E-state index >= 15 is 4.79 Å². The van der Waals surface area contributed by atoms with Gasteiger partial charge < -0.3 is 18.9 Å². The van der Waals surface area contributed by atoms with Gasteiger partial charge in [-0.05, 0) is 24.6 Å². The van der Waals surface area contributed by atoms with E-state index < -0.39 is 5.41 Å². The lowest BCUT2D eigenvalue weighted by atomic mass is 9.77. The summed E-state index contributed by atoms with van der Waals surface area (Å²) in [4.78, 5) is 17.5. The van der Waals surface area contributed by atoms with Gasteiger partial charge in [-0.15, -0.1) is 0 Å². The second-order valence-corrected chi connectivity index (χ2v) is 10.2. The van der Waals surface area contributed by atoms with E-state index in [2.05, 4.69) is 17.0 Å². The van der Waals surface area contributed by atoms with Gasteiger partial charge in [0.05, 0.1) is 13.2 Å². The Hall–Kier alpha value is -3.39. The molecule has 7 heteroatoms. The minimum atomic E-state index is -0.929. The van der Waals surface area contributed by atoms with Crippen LogP contribution in [0.4, 0.5) is 5.69 Å². The summed E-state index contributed by atoms with van der Waals surface area (Å²) < 4.78 is 23.3. The summed E-state index contributed by atoms with van der Waals surface area (Å²) in [6.07, 6.45) is 0. The van der Waals surface area contributed by atoms with Crippen LogP contribution in [0, 0.1) is 6.92 Å². The molecule has 4 aliphatic heterocycles. The molecule has 1 spiro atoms. The van der Waals surface area contributed by atoms with Crippen molar-refractivity contribution in [3.8, 4) is 17.2 Å². The smallest absolute Gasteiger partial charge is 0.338 e. The first-order chi connectivity index (χ1) is 18.1. The van der Waals surface area contributed by atoms with Gasteiger partial charge in [0.2, 0.25) is 6.79 Å². The van der Waals surface area contributed by atoms with Gasteiger partial charge in [0.1, 0.15) is 31.1 Å². The summed E-state index contributed by atoms with van der Waals surface area (Å²) in [7, 11) is 0. The number of rotatable bonds is 5.